The molecule has 1 heterocycles. The van der Waals surface area contributed by atoms with Gasteiger partial charge in [-0.05, 0) is 62.4 Å². The average Bonchev–Trinajstić information content (AvgIpc) is 3.34. The van der Waals surface area contributed by atoms with E-state index in [-0.39, 0.29) is 11.7 Å². The number of hydrogen-bond donors (Lipinski definition) is 3. The molecule has 0 bridgehead atoms. The van der Waals surface area contributed by atoms with Crippen LogP contribution < -0.4 is 10.6 Å². The summed E-state index contributed by atoms with van der Waals surface area (Å²) in [4.78, 5) is 30.9. The molecule has 0 aliphatic heterocycles. The van der Waals surface area contributed by atoms with Gasteiger partial charge < -0.3 is 15.6 Å². The molecule has 0 unspecified atom stereocenters. The third-order valence-corrected chi connectivity index (χ3v) is 6.18. The van der Waals surface area contributed by atoms with Crippen LogP contribution >= 0.6 is 0 Å². The molecule has 0 spiro atoms. The van der Waals surface area contributed by atoms with E-state index in [9.17, 15) is 14.0 Å². The molecule has 5 rings (SSSR count). The molecule has 1 saturated carbocycles. The Kier molecular flexibility index (Phi) is 8.00. The summed E-state index contributed by atoms with van der Waals surface area (Å²) in [7, 11) is 2.07. The van der Waals surface area contributed by atoms with Gasteiger partial charge in [0.15, 0.2) is 0 Å². The number of hydrogen-bond acceptors (Lipinski definition) is 4. The number of benzene rings is 3. The predicted molar refractivity (Wildman–Crippen MR) is 137 cm³/mol. The Morgan fingerprint density at radius 2 is 1.71 bits per heavy atom. The van der Waals surface area contributed by atoms with Crippen molar-refractivity contribution in [2.45, 2.75) is 38.1 Å². The molecule has 1 aromatic heterocycles. The second-order valence-corrected chi connectivity index (χ2v) is 8.64. The predicted octanol–water partition coefficient (Wildman–Crippen LogP) is 5.97. The Hall–Kier alpha value is -3.84. The lowest BCUT2D eigenvalue weighted by atomic mass is 9.96. The van der Waals surface area contributed by atoms with Crippen LogP contribution in [-0.4, -0.2) is 35.3 Å². The molecule has 4 aromatic rings. The topological polar surface area (TPSA) is 86.9 Å². The molecule has 1 amide bonds. The smallest absolute Gasteiger partial charge is 0.255 e. The minimum atomic E-state index is -0.361. The second-order valence-electron chi connectivity index (χ2n) is 8.64. The Balaban J connectivity index is 0.000000308. The van der Waals surface area contributed by atoms with Gasteiger partial charge in [-0.2, -0.15) is 0 Å². The van der Waals surface area contributed by atoms with E-state index in [1.54, 1.807) is 30.3 Å². The first-order valence-electron chi connectivity index (χ1n) is 11.9. The van der Waals surface area contributed by atoms with Crippen LogP contribution in [0.3, 0.4) is 0 Å². The Labute approximate surface area is 204 Å². The number of fused-ring (bicyclic) bond motifs is 1. The van der Waals surface area contributed by atoms with Gasteiger partial charge in [0.25, 0.3) is 5.91 Å². The molecule has 1 aliphatic rings. The molecule has 1 fully saturated rings. The molecular formula is C28H29FN4O2. The van der Waals surface area contributed by atoms with E-state index in [1.807, 2.05) is 12.1 Å². The fourth-order valence-electron chi connectivity index (χ4n) is 4.13. The lowest BCUT2D eigenvalue weighted by Gasteiger charge is -2.20. The number of halogens is 1. The van der Waals surface area contributed by atoms with Crippen LogP contribution in [-0.2, 0) is 0 Å². The summed E-state index contributed by atoms with van der Waals surface area (Å²) in [6.45, 7) is 0. The molecule has 0 atom stereocenters. The maximum absolute atomic E-state index is 13.0. The third-order valence-electron chi connectivity index (χ3n) is 6.18. The fraction of sp³-hybridized carbons (Fsp3) is 0.250. The summed E-state index contributed by atoms with van der Waals surface area (Å²) in [6, 6.07) is 18.6. The number of nitrogens with zero attached hydrogens (tertiary/aromatic N) is 1. The number of carbonyl (C=O) groups excluding carboxylic acids is 2. The minimum absolute atomic E-state index is 0.296. The highest BCUT2D eigenvalue weighted by Crippen LogP contribution is 2.22. The van der Waals surface area contributed by atoms with E-state index in [1.165, 1.54) is 56.4 Å². The van der Waals surface area contributed by atoms with Crippen molar-refractivity contribution >= 4 is 28.9 Å². The lowest BCUT2D eigenvalue weighted by molar-refractivity contribution is 0.102. The summed E-state index contributed by atoms with van der Waals surface area (Å²) in [5.41, 5.74) is 3.85. The first-order chi connectivity index (χ1) is 17.1. The zero-order valence-electron chi connectivity index (χ0n) is 19.7. The number of amides is 1. The van der Waals surface area contributed by atoms with Crippen molar-refractivity contribution < 1.29 is 14.0 Å². The largest absolute Gasteiger partial charge is 0.338 e. The van der Waals surface area contributed by atoms with Crippen LogP contribution in [0.2, 0.25) is 0 Å². The van der Waals surface area contributed by atoms with E-state index in [0.29, 0.717) is 22.6 Å². The summed E-state index contributed by atoms with van der Waals surface area (Å²) >= 11 is 0. The van der Waals surface area contributed by atoms with Crippen molar-refractivity contribution in [3.05, 3.63) is 83.7 Å². The van der Waals surface area contributed by atoms with E-state index in [0.717, 1.165) is 28.9 Å². The summed E-state index contributed by atoms with van der Waals surface area (Å²) in [6.07, 6.45) is 7.91. The summed E-state index contributed by atoms with van der Waals surface area (Å²) in [5.74, 6) is -0.00545. The SMILES string of the molecule is CNC1CCCCC1.O=Cc1ccc(-c2nc3ccc(C(=O)Nc4ccc(F)cc4)cc3[nH]2)cc1. The number of aromatic nitrogens is 2. The zero-order valence-corrected chi connectivity index (χ0v) is 19.7. The average molecular weight is 473 g/mol. The fourth-order valence-corrected chi connectivity index (χ4v) is 4.13. The van der Waals surface area contributed by atoms with Crippen LogP contribution in [0.25, 0.3) is 22.4 Å². The van der Waals surface area contributed by atoms with Crippen molar-refractivity contribution in [3.8, 4) is 11.4 Å². The Morgan fingerprint density at radius 3 is 2.34 bits per heavy atom. The van der Waals surface area contributed by atoms with Gasteiger partial charge in [-0.15, -0.1) is 0 Å². The molecular weight excluding hydrogens is 443 g/mol. The molecule has 35 heavy (non-hydrogen) atoms. The monoisotopic (exact) mass is 472 g/mol. The van der Waals surface area contributed by atoms with Crippen molar-refractivity contribution in [1.29, 1.82) is 0 Å². The molecule has 6 nitrogen and oxygen atoms in total. The number of carbonyl (C=O) groups is 2. The minimum Gasteiger partial charge on any atom is -0.338 e. The van der Waals surface area contributed by atoms with Crippen LogP contribution in [0.15, 0.2) is 66.7 Å². The quantitative estimate of drug-likeness (QED) is 0.312. The maximum Gasteiger partial charge on any atom is 0.255 e. The van der Waals surface area contributed by atoms with Crippen molar-refractivity contribution in [2.75, 3.05) is 12.4 Å². The van der Waals surface area contributed by atoms with Crippen LogP contribution in [0.1, 0.15) is 52.8 Å². The van der Waals surface area contributed by atoms with E-state index >= 15 is 0 Å². The Morgan fingerprint density at radius 1 is 1.00 bits per heavy atom. The first-order valence-corrected chi connectivity index (χ1v) is 11.9. The van der Waals surface area contributed by atoms with Crippen LogP contribution in [0, 0.1) is 5.82 Å². The number of aldehydes is 1. The van der Waals surface area contributed by atoms with Crippen molar-refractivity contribution in [2.24, 2.45) is 0 Å². The van der Waals surface area contributed by atoms with E-state index in [2.05, 4.69) is 27.6 Å². The maximum atomic E-state index is 13.0. The summed E-state index contributed by atoms with van der Waals surface area (Å²) < 4.78 is 13.0. The van der Waals surface area contributed by atoms with Gasteiger partial charge in [0.1, 0.15) is 17.9 Å². The number of rotatable bonds is 5. The second kappa shape index (κ2) is 11.5. The van der Waals surface area contributed by atoms with Gasteiger partial charge in [-0.1, -0.05) is 43.5 Å². The van der Waals surface area contributed by atoms with Gasteiger partial charge in [0.05, 0.1) is 11.0 Å². The number of imidazole rings is 1. The first kappa shape index (κ1) is 24.3. The van der Waals surface area contributed by atoms with Gasteiger partial charge in [0, 0.05) is 28.4 Å². The normalized spacial score (nSPS) is 13.7. The van der Waals surface area contributed by atoms with E-state index in [4.69, 9.17) is 0 Å². The molecule has 3 N–H and O–H groups in total. The number of H-pyrrole nitrogens is 1. The lowest BCUT2D eigenvalue weighted by Crippen LogP contribution is -2.26. The highest BCUT2D eigenvalue weighted by molar-refractivity contribution is 6.06. The van der Waals surface area contributed by atoms with E-state index < -0.39 is 0 Å². The van der Waals surface area contributed by atoms with Crippen LogP contribution in [0.5, 0.6) is 0 Å². The number of anilines is 1. The zero-order chi connectivity index (χ0) is 24.6. The number of aromatic amines is 1. The van der Waals surface area contributed by atoms with Crippen molar-refractivity contribution in [1.82, 2.24) is 15.3 Å². The number of nitrogens with one attached hydrogen (secondary N) is 3. The molecule has 7 heteroatoms. The van der Waals surface area contributed by atoms with Gasteiger partial charge >= 0.3 is 0 Å². The summed E-state index contributed by atoms with van der Waals surface area (Å²) in [5, 5.41) is 6.03. The third kappa shape index (κ3) is 6.39. The molecule has 0 saturated heterocycles. The molecule has 0 radical (unpaired) electrons. The van der Waals surface area contributed by atoms with Crippen molar-refractivity contribution in [3.63, 3.8) is 0 Å². The van der Waals surface area contributed by atoms with Gasteiger partial charge in [-0.25, -0.2) is 9.37 Å². The highest BCUT2D eigenvalue weighted by Gasteiger charge is 2.11. The highest BCUT2D eigenvalue weighted by atomic mass is 19.1. The molecule has 180 valence electrons. The molecule has 1 aliphatic carbocycles. The van der Waals surface area contributed by atoms with Gasteiger partial charge in [-0.3, -0.25) is 9.59 Å². The van der Waals surface area contributed by atoms with Gasteiger partial charge in [0.2, 0.25) is 0 Å². The molecule has 3 aromatic carbocycles. The standard InChI is InChI=1S/C21H14FN3O2.C7H15N/c22-16-6-8-17(9-7-16)23-21(27)15-5-10-18-19(11-15)25-20(24-18)14-3-1-13(12-26)2-4-14;1-8-7-5-3-2-4-6-7/h1-12H,(H,23,27)(H,24,25);7-8H,2-6H2,1H3. The Bertz CT molecular complexity index is 1280. The van der Waals surface area contributed by atoms with Crippen LogP contribution in [0.4, 0.5) is 10.1 Å².